The van der Waals surface area contributed by atoms with Crippen LogP contribution in [0.3, 0.4) is 0 Å². The molecule has 172 valence electrons. The van der Waals surface area contributed by atoms with Gasteiger partial charge in [0.05, 0.1) is 13.3 Å². The number of unbranched alkanes of at least 4 members (excludes halogenated alkanes) is 2. The fraction of sp³-hybridized carbons (Fsp3) is 0.545. The molecule has 2 aliphatic heterocycles. The summed E-state index contributed by atoms with van der Waals surface area (Å²) in [6, 6.07) is 10.00. The molecule has 1 N–H and O–H groups in total. The molecule has 0 atom stereocenters. The molecular weight excluding hydrogens is 691 g/mol. The van der Waals surface area contributed by atoms with Gasteiger partial charge in [-0.3, -0.25) is 0 Å². The molecule has 0 spiro atoms. The molecule has 30 heavy (non-hydrogen) atoms. The van der Waals surface area contributed by atoms with Crippen molar-refractivity contribution in [3.63, 3.8) is 0 Å². The first-order valence-corrected chi connectivity index (χ1v) is 20.2. The molecule has 3 rings (SSSR count). The minimum absolute atomic E-state index is 0.770. The van der Waals surface area contributed by atoms with E-state index in [1.54, 1.807) is 0 Å². The van der Waals surface area contributed by atoms with Gasteiger partial charge < -0.3 is 24.9 Å². The van der Waals surface area contributed by atoms with Gasteiger partial charge in [0.25, 0.3) is 0 Å². The quantitative estimate of drug-likeness (QED) is 0.208. The van der Waals surface area contributed by atoms with E-state index in [1.165, 1.54) is 25.7 Å². The molecule has 0 amide bonds. The Balaban J connectivity index is 0.000000672. The molecule has 0 unspecified atom stereocenters. The van der Waals surface area contributed by atoms with Crippen molar-refractivity contribution in [3.05, 3.63) is 49.1 Å². The van der Waals surface area contributed by atoms with Crippen molar-refractivity contribution in [1.29, 1.82) is 0 Å². The number of anilines is 2. The summed E-state index contributed by atoms with van der Waals surface area (Å²) in [6.07, 6.45) is 13.7. The Bertz CT molecular complexity index is 580. The Labute approximate surface area is 213 Å². The first-order valence-electron chi connectivity index (χ1n) is 10.5. The molecule has 1 aromatic rings. The fourth-order valence-electron chi connectivity index (χ4n) is 3.04. The molecule has 8 heteroatoms. The second-order valence-corrected chi connectivity index (χ2v) is 19.7. The van der Waals surface area contributed by atoms with E-state index in [2.05, 4.69) is 127 Å². The monoisotopic (exact) mass is 727 g/mol. The van der Waals surface area contributed by atoms with Gasteiger partial charge in [0.15, 0.2) is 0 Å². The van der Waals surface area contributed by atoms with E-state index in [1.807, 2.05) is 14.1 Å². The van der Waals surface area contributed by atoms with Crippen molar-refractivity contribution in [3.8, 4) is 0 Å². The Morgan fingerprint density at radius 3 is 1.63 bits per heavy atom. The number of benzene rings is 1. The van der Waals surface area contributed by atoms with Gasteiger partial charge in [-0.2, -0.15) is 6.07 Å². The van der Waals surface area contributed by atoms with Crippen molar-refractivity contribution in [2.45, 2.75) is 39.5 Å². The summed E-state index contributed by atoms with van der Waals surface area (Å²) in [4.78, 5) is 9.28. The second-order valence-electron chi connectivity index (χ2n) is 7.12. The maximum atomic E-state index is 3.58. The summed E-state index contributed by atoms with van der Waals surface area (Å²) in [5.41, 5.74) is 2.28. The second kappa shape index (κ2) is 17.5. The van der Waals surface area contributed by atoms with Crippen molar-refractivity contribution >= 4 is 50.9 Å². The van der Waals surface area contributed by atoms with Crippen LogP contribution in [0.1, 0.15) is 39.5 Å². The van der Waals surface area contributed by atoms with Crippen LogP contribution in [0.15, 0.2) is 43.0 Å². The predicted octanol–water partition coefficient (Wildman–Crippen LogP) is 5.79. The summed E-state index contributed by atoms with van der Waals surface area (Å²) < 4.78 is 0. The van der Waals surface area contributed by atoms with Crippen molar-refractivity contribution in [1.82, 2.24) is 15.1 Å². The van der Waals surface area contributed by atoms with Gasteiger partial charge in [-0.05, 0) is 26.9 Å². The molecule has 0 aliphatic carbocycles. The molecule has 0 saturated heterocycles. The van der Waals surface area contributed by atoms with Gasteiger partial charge in [-0.15, -0.1) is 18.2 Å². The van der Waals surface area contributed by atoms with Gasteiger partial charge in [0, 0.05) is 37.9 Å². The number of hydrogen-bond acceptors (Lipinski definition) is 5. The van der Waals surface area contributed by atoms with E-state index in [4.69, 9.17) is 0 Å². The molecular formula is C22H36I2N5Rh. The molecule has 2 aliphatic rings. The van der Waals surface area contributed by atoms with Gasteiger partial charge in [0.1, 0.15) is 0 Å². The molecule has 2 heterocycles. The SMILES string of the molecule is CCCCN1C=CN(c2[c-]c(N3C=CN(CCCC)C3)ccc2)C1.CNC.[I][Rh+][I]. The summed E-state index contributed by atoms with van der Waals surface area (Å²) in [6.45, 7) is 8.59. The number of hydrogen-bond donors (Lipinski definition) is 1. The van der Waals surface area contributed by atoms with E-state index < -0.39 is 0 Å². The van der Waals surface area contributed by atoms with Crippen LogP contribution in [0.4, 0.5) is 11.4 Å². The van der Waals surface area contributed by atoms with Crippen LogP contribution < -0.4 is 15.1 Å². The third-order valence-corrected chi connectivity index (χ3v) is 4.56. The number of rotatable bonds is 8. The molecule has 0 bridgehead atoms. The Kier molecular flexibility index (Phi) is 16.3. The normalized spacial score (nSPS) is 14.7. The number of nitrogens with one attached hydrogen (secondary N) is 1. The third-order valence-electron chi connectivity index (χ3n) is 4.56. The Hall–Kier alpha value is -0.0566. The van der Waals surface area contributed by atoms with Crippen LogP contribution in [0, 0.1) is 6.07 Å². The summed E-state index contributed by atoms with van der Waals surface area (Å²) in [7, 11) is 4.52. The Morgan fingerprint density at radius 2 is 1.27 bits per heavy atom. The predicted molar refractivity (Wildman–Crippen MR) is 145 cm³/mol. The van der Waals surface area contributed by atoms with Crippen molar-refractivity contribution in [2.24, 2.45) is 0 Å². The van der Waals surface area contributed by atoms with Gasteiger partial charge in [-0.1, -0.05) is 38.1 Å². The number of halogens is 2. The third kappa shape index (κ3) is 10.5. The summed E-state index contributed by atoms with van der Waals surface area (Å²) in [5.74, 6) is 0. The topological polar surface area (TPSA) is 25.0 Å². The van der Waals surface area contributed by atoms with E-state index in [0.29, 0.717) is 0 Å². The zero-order valence-corrected chi connectivity index (χ0v) is 24.5. The zero-order chi connectivity index (χ0) is 22.2. The van der Waals surface area contributed by atoms with Crippen LogP contribution in [0.2, 0.25) is 0 Å². The molecule has 5 nitrogen and oxygen atoms in total. The molecule has 1 aromatic carbocycles. The maximum absolute atomic E-state index is 3.58. The van der Waals surface area contributed by atoms with Gasteiger partial charge >= 0.3 is 49.6 Å². The first kappa shape index (κ1) is 28.0. The van der Waals surface area contributed by atoms with E-state index in [-0.39, 0.29) is 0 Å². The fourth-order valence-corrected chi connectivity index (χ4v) is 3.04. The van der Waals surface area contributed by atoms with Crippen LogP contribution in [0.25, 0.3) is 0 Å². The van der Waals surface area contributed by atoms with Crippen LogP contribution in [-0.4, -0.2) is 50.3 Å². The molecule has 0 fully saturated rings. The zero-order valence-electron chi connectivity index (χ0n) is 18.6. The van der Waals surface area contributed by atoms with E-state index in [9.17, 15) is 0 Å². The van der Waals surface area contributed by atoms with Crippen LogP contribution in [0.5, 0.6) is 0 Å². The average Bonchev–Trinajstić information content (AvgIpc) is 3.42. The van der Waals surface area contributed by atoms with Crippen LogP contribution in [-0.2, 0) is 10.1 Å². The summed E-state index contributed by atoms with van der Waals surface area (Å²) in [5, 5.41) is 2.75. The van der Waals surface area contributed by atoms with Crippen molar-refractivity contribution in [2.75, 3.05) is 50.3 Å². The first-order chi connectivity index (χ1) is 14.6. The van der Waals surface area contributed by atoms with Gasteiger partial charge in [-0.25, -0.2) is 0 Å². The standard InChI is InChI=1S/C20H29N4.C2H7N.2HI.Rh/c1-3-5-10-21-12-14-23(17-21)19-8-7-9-20(16-19)24-15-13-22(18-24)11-6-4-2;1-3-2;;;/h7-9,12-15H,3-6,10-11,17-18H2,1-2H3;3H,1-2H3;2*1H;/q-1;;;;+3/p-2. The Morgan fingerprint density at radius 1 is 0.867 bits per heavy atom. The van der Waals surface area contributed by atoms with E-state index >= 15 is 0 Å². The summed E-state index contributed by atoms with van der Waals surface area (Å²) >= 11 is 4.69. The molecule has 0 saturated carbocycles. The molecule has 0 radical (unpaired) electrons. The molecule has 0 aromatic heterocycles. The van der Waals surface area contributed by atoms with Crippen LogP contribution >= 0.6 is 39.5 Å². The average molecular weight is 727 g/mol. The van der Waals surface area contributed by atoms with Gasteiger partial charge in [0.2, 0.25) is 0 Å². The van der Waals surface area contributed by atoms with E-state index in [0.717, 1.165) is 47.9 Å². The number of nitrogens with zero attached hydrogens (tertiary/aromatic N) is 4. The van der Waals surface area contributed by atoms with Crippen molar-refractivity contribution < 1.29 is 10.1 Å². The minimum atomic E-state index is 0.770.